The molecule has 0 aliphatic carbocycles. The second-order valence-corrected chi connectivity index (χ2v) is 5.74. The predicted molar refractivity (Wildman–Crippen MR) is 82.5 cm³/mol. The van der Waals surface area contributed by atoms with Gasteiger partial charge in [-0.3, -0.25) is 9.59 Å². The molecule has 1 atom stereocenters. The average molecular weight is 300 g/mol. The van der Waals surface area contributed by atoms with E-state index in [4.69, 9.17) is 0 Å². The maximum Gasteiger partial charge on any atom is 0.250 e. The molecule has 0 aromatic carbocycles. The average Bonchev–Trinajstić information content (AvgIpc) is 2.86. The van der Waals surface area contributed by atoms with Crippen molar-refractivity contribution >= 4 is 5.91 Å². The molecule has 0 bridgehead atoms. The zero-order chi connectivity index (χ0) is 15.5. The Hall–Kier alpha value is -2.37. The van der Waals surface area contributed by atoms with Crippen LogP contribution in [0.15, 0.2) is 35.4 Å². The summed E-state index contributed by atoms with van der Waals surface area (Å²) in [6.07, 6.45) is 5.84. The maximum absolute atomic E-state index is 12.1. The van der Waals surface area contributed by atoms with Gasteiger partial charge in [-0.1, -0.05) is 6.07 Å². The van der Waals surface area contributed by atoms with Crippen molar-refractivity contribution < 1.29 is 4.79 Å². The maximum atomic E-state index is 12.1. The van der Waals surface area contributed by atoms with Crippen LogP contribution in [0.1, 0.15) is 24.4 Å². The lowest BCUT2D eigenvalue weighted by atomic mass is 10.1. The summed E-state index contributed by atoms with van der Waals surface area (Å²) in [6, 6.07) is 5.14. The Morgan fingerprint density at radius 1 is 1.45 bits per heavy atom. The molecule has 1 aliphatic heterocycles. The van der Waals surface area contributed by atoms with Crippen LogP contribution in [0.2, 0.25) is 0 Å². The summed E-state index contributed by atoms with van der Waals surface area (Å²) in [5, 5.41) is 3.06. The number of nitrogens with zero attached hydrogens (tertiary/aromatic N) is 3. The second-order valence-electron chi connectivity index (χ2n) is 5.74. The van der Waals surface area contributed by atoms with Crippen molar-refractivity contribution in [2.75, 3.05) is 0 Å². The van der Waals surface area contributed by atoms with Gasteiger partial charge in [-0.2, -0.15) is 0 Å². The molecule has 6 nitrogen and oxygen atoms in total. The molecule has 1 unspecified atom stereocenters. The molecule has 2 aromatic rings. The molecule has 22 heavy (non-hydrogen) atoms. The third-order valence-electron chi connectivity index (χ3n) is 3.96. The molecule has 1 aliphatic rings. The zero-order valence-electron chi connectivity index (χ0n) is 12.7. The Labute approximate surface area is 128 Å². The topological polar surface area (TPSA) is 68.9 Å². The van der Waals surface area contributed by atoms with Crippen molar-refractivity contribution in [1.29, 1.82) is 0 Å². The number of aromatic nitrogens is 3. The molecule has 1 amide bonds. The van der Waals surface area contributed by atoms with Crippen LogP contribution in [-0.2, 0) is 24.3 Å². The van der Waals surface area contributed by atoms with E-state index in [9.17, 15) is 9.59 Å². The number of fused-ring (bicyclic) bond motifs is 1. The number of nitrogens with one attached hydrogen (secondary N) is 1. The van der Waals surface area contributed by atoms with Crippen molar-refractivity contribution in [3.63, 3.8) is 0 Å². The fraction of sp³-hybridized carbons (Fsp3) is 0.438. The highest BCUT2D eigenvalue weighted by atomic mass is 16.2. The molecule has 2 aromatic heterocycles. The minimum Gasteiger partial charge on any atom is -0.352 e. The van der Waals surface area contributed by atoms with Crippen molar-refractivity contribution in [1.82, 2.24) is 19.4 Å². The standard InChI is InChI=1S/C16H20N4O2/c1-12-10-20-11-13(5-6-14(20)17-12)18-15(21)7-9-19-8-3-2-4-16(19)22/h2-4,8,10,13H,5-7,9,11H2,1H3,(H,18,21). The van der Waals surface area contributed by atoms with E-state index in [2.05, 4.69) is 14.9 Å². The summed E-state index contributed by atoms with van der Waals surface area (Å²) in [7, 11) is 0. The highest BCUT2D eigenvalue weighted by Gasteiger charge is 2.20. The SMILES string of the molecule is Cc1cn2c(n1)CCC(NC(=O)CCn1ccccc1=O)C2. The van der Waals surface area contributed by atoms with Crippen molar-refractivity contribution in [2.24, 2.45) is 0 Å². The summed E-state index contributed by atoms with van der Waals surface area (Å²) in [4.78, 5) is 28.1. The van der Waals surface area contributed by atoms with Crippen LogP contribution >= 0.6 is 0 Å². The highest BCUT2D eigenvalue weighted by molar-refractivity contribution is 5.76. The largest absolute Gasteiger partial charge is 0.352 e. The first-order chi connectivity index (χ1) is 10.6. The van der Waals surface area contributed by atoms with Gasteiger partial charge in [-0.05, 0) is 19.4 Å². The van der Waals surface area contributed by atoms with Gasteiger partial charge in [-0.25, -0.2) is 4.98 Å². The summed E-state index contributed by atoms with van der Waals surface area (Å²) < 4.78 is 3.67. The van der Waals surface area contributed by atoms with E-state index in [1.165, 1.54) is 6.07 Å². The van der Waals surface area contributed by atoms with Crippen LogP contribution in [0.25, 0.3) is 0 Å². The van der Waals surface area contributed by atoms with Gasteiger partial charge in [0.2, 0.25) is 5.91 Å². The molecule has 0 fully saturated rings. The highest BCUT2D eigenvalue weighted by Crippen LogP contribution is 2.15. The van der Waals surface area contributed by atoms with E-state index in [0.29, 0.717) is 13.0 Å². The van der Waals surface area contributed by atoms with E-state index in [-0.39, 0.29) is 17.5 Å². The second kappa shape index (κ2) is 6.17. The minimum absolute atomic E-state index is 0.0129. The van der Waals surface area contributed by atoms with Gasteiger partial charge in [0.1, 0.15) is 5.82 Å². The van der Waals surface area contributed by atoms with Crippen LogP contribution in [0.3, 0.4) is 0 Å². The molecule has 116 valence electrons. The van der Waals surface area contributed by atoms with Crippen LogP contribution in [0, 0.1) is 6.92 Å². The molecule has 0 saturated carbocycles. The number of imidazole rings is 1. The monoisotopic (exact) mass is 300 g/mol. The van der Waals surface area contributed by atoms with Crippen molar-refractivity contribution in [2.45, 2.75) is 45.3 Å². The van der Waals surface area contributed by atoms with Crippen LogP contribution in [-0.4, -0.2) is 26.1 Å². The first-order valence-corrected chi connectivity index (χ1v) is 7.59. The normalized spacial score (nSPS) is 17.0. The van der Waals surface area contributed by atoms with E-state index in [0.717, 1.165) is 30.9 Å². The number of hydrogen-bond acceptors (Lipinski definition) is 3. The molecule has 6 heteroatoms. The Balaban J connectivity index is 1.53. The lowest BCUT2D eigenvalue weighted by molar-refractivity contribution is -0.122. The first kappa shape index (κ1) is 14.6. The minimum atomic E-state index is -0.0773. The Bertz CT molecular complexity index is 732. The van der Waals surface area contributed by atoms with Gasteiger partial charge < -0.3 is 14.5 Å². The summed E-state index contributed by atoms with van der Waals surface area (Å²) >= 11 is 0. The number of pyridine rings is 1. The van der Waals surface area contributed by atoms with E-state index >= 15 is 0 Å². The van der Waals surface area contributed by atoms with Crippen molar-refractivity contribution in [3.8, 4) is 0 Å². The van der Waals surface area contributed by atoms with Crippen molar-refractivity contribution in [3.05, 3.63) is 52.5 Å². The molecular formula is C16H20N4O2. The Morgan fingerprint density at radius 3 is 3.14 bits per heavy atom. The summed E-state index contributed by atoms with van der Waals surface area (Å²) in [5.74, 6) is 1.08. The third-order valence-corrected chi connectivity index (χ3v) is 3.96. The van der Waals surface area contributed by atoms with Gasteiger partial charge in [0, 0.05) is 50.4 Å². The number of hydrogen-bond donors (Lipinski definition) is 1. The number of carbonyl (C=O) groups excluding carboxylic acids is 1. The number of amides is 1. The molecule has 3 rings (SSSR count). The van der Waals surface area contributed by atoms with Gasteiger partial charge >= 0.3 is 0 Å². The summed E-state index contributed by atoms with van der Waals surface area (Å²) in [6.45, 7) is 3.16. The molecule has 0 radical (unpaired) electrons. The molecule has 0 saturated heterocycles. The van der Waals surface area contributed by atoms with Gasteiger partial charge in [0.15, 0.2) is 0 Å². The first-order valence-electron chi connectivity index (χ1n) is 7.59. The van der Waals surface area contributed by atoms with Gasteiger partial charge in [0.05, 0.1) is 5.69 Å². The zero-order valence-corrected chi connectivity index (χ0v) is 12.7. The number of aryl methyl sites for hydroxylation is 3. The van der Waals surface area contributed by atoms with E-state index in [1.807, 2.05) is 13.1 Å². The van der Waals surface area contributed by atoms with E-state index < -0.39 is 0 Å². The quantitative estimate of drug-likeness (QED) is 0.911. The molecular weight excluding hydrogens is 280 g/mol. The molecule has 3 heterocycles. The fourth-order valence-electron chi connectivity index (χ4n) is 2.87. The molecule has 1 N–H and O–H groups in total. The third kappa shape index (κ3) is 3.27. The molecule has 0 spiro atoms. The lowest BCUT2D eigenvalue weighted by Crippen LogP contribution is -2.41. The predicted octanol–water partition coefficient (Wildman–Crippen LogP) is 0.875. The van der Waals surface area contributed by atoms with Crippen LogP contribution in [0.4, 0.5) is 0 Å². The summed E-state index contributed by atoms with van der Waals surface area (Å²) in [5.41, 5.74) is 0.942. The van der Waals surface area contributed by atoms with Gasteiger partial charge in [-0.15, -0.1) is 0 Å². The fourth-order valence-corrected chi connectivity index (χ4v) is 2.87. The lowest BCUT2D eigenvalue weighted by Gasteiger charge is -2.24. The Kier molecular flexibility index (Phi) is 4.09. The number of rotatable bonds is 4. The van der Waals surface area contributed by atoms with E-state index in [1.54, 1.807) is 22.9 Å². The van der Waals surface area contributed by atoms with Gasteiger partial charge in [0.25, 0.3) is 5.56 Å². The Morgan fingerprint density at radius 2 is 2.32 bits per heavy atom. The number of carbonyl (C=O) groups is 1. The smallest absolute Gasteiger partial charge is 0.250 e. The van der Waals surface area contributed by atoms with Crippen LogP contribution in [0.5, 0.6) is 0 Å². The van der Waals surface area contributed by atoms with Crippen LogP contribution < -0.4 is 10.9 Å².